The van der Waals surface area contributed by atoms with Gasteiger partial charge in [-0.2, -0.15) is 0 Å². The minimum Gasteiger partial charge on any atom is -0.315 e. The van der Waals surface area contributed by atoms with Crippen LogP contribution in [0, 0.1) is 0 Å². The highest BCUT2D eigenvalue weighted by atomic mass is 79.9. The highest BCUT2D eigenvalue weighted by Crippen LogP contribution is 2.31. The highest BCUT2D eigenvalue weighted by Gasteiger charge is 2.20. The summed E-state index contributed by atoms with van der Waals surface area (Å²) in [5.41, 5.74) is 0.549. The third kappa shape index (κ3) is 4.47. The first kappa shape index (κ1) is 16.8. The fourth-order valence-corrected chi connectivity index (χ4v) is 5.81. The van der Waals surface area contributed by atoms with Gasteiger partial charge >= 0.3 is 4.87 Å². The van der Waals surface area contributed by atoms with Crippen LogP contribution in [0.5, 0.6) is 0 Å². The van der Waals surface area contributed by atoms with Crippen LogP contribution in [0.3, 0.4) is 0 Å². The first-order chi connectivity index (χ1) is 9.92. The number of nitrogens with one attached hydrogen (secondary N) is 3. The van der Waals surface area contributed by atoms with Gasteiger partial charge in [-0.05, 0) is 28.5 Å². The van der Waals surface area contributed by atoms with Crippen molar-refractivity contribution in [2.75, 3.05) is 6.54 Å². The molecule has 0 radical (unpaired) electrons. The van der Waals surface area contributed by atoms with Crippen molar-refractivity contribution in [2.24, 2.45) is 0 Å². The smallest absolute Gasteiger partial charge is 0.304 e. The van der Waals surface area contributed by atoms with Crippen molar-refractivity contribution in [2.45, 2.75) is 24.9 Å². The van der Waals surface area contributed by atoms with Crippen molar-refractivity contribution in [1.29, 1.82) is 0 Å². The fourth-order valence-electron chi connectivity index (χ4n) is 1.57. The van der Waals surface area contributed by atoms with Crippen molar-refractivity contribution in [3.8, 4) is 0 Å². The lowest BCUT2D eigenvalue weighted by molar-refractivity contribution is 0.580. The normalized spacial score (nSPS) is 11.9. The molecule has 0 amide bonds. The number of thiazole rings is 1. The molecule has 116 valence electrons. The predicted molar refractivity (Wildman–Crippen MR) is 88.4 cm³/mol. The molecule has 0 spiro atoms. The van der Waals surface area contributed by atoms with Crippen LogP contribution < -0.4 is 14.9 Å². The number of hydrogen-bond donors (Lipinski definition) is 3. The molecule has 2 aromatic heterocycles. The number of H-pyrrole nitrogens is 1. The van der Waals surface area contributed by atoms with E-state index in [0.29, 0.717) is 16.0 Å². The monoisotopic (exact) mass is 411 g/mol. The summed E-state index contributed by atoms with van der Waals surface area (Å²) in [5.74, 6) is 0. The van der Waals surface area contributed by atoms with Gasteiger partial charge in [0.1, 0.15) is 4.90 Å². The Kier molecular flexibility index (Phi) is 5.74. The Bertz CT molecular complexity index is 763. The second-order valence-corrected chi connectivity index (χ2v) is 9.16. The van der Waals surface area contributed by atoms with Crippen molar-refractivity contribution in [3.63, 3.8) is 0 Å². The molecule has 21 heavy (non-hydrogen) atoms. The number of hydrogen-bond acceptors (Lipinski definition) is 6. The molecule has 0 bridgehead atoms. The molecule has 0 aliphatic carbocycles. The minimum absolute atomic E-state index is 0.0614. The summed E-state index contributed by atoms with van der Waals surface area (Å²) in [5, 5.41) is 4.75. The lowest BCUT2D eigenvalue weighted by atomic mass is 10.4. The predicted octanol–water partition coefficient (Wildman–Crippen LogP) is 1.85. The summed E-state index contributed by atoms with van der Waals surface area (Å²) < 4.78 is 27.6. The van der Waals surface area contributed by atoms with Gasteiger partial charge in [-0.15, -0.1) is 11.3 Å². The molecule has 0 aliphatic rings. The second kappa shape index (κ2) is 7.16. The minimum atomic E-state index is -3.62. The molecule has 0 aliphatic heterocycles. The van der Waals surface area contributed by atoms with Crippen molar-refractivity contribution in [3.05, 3.63) is 35.5 Å². The Balaban J connectivity index is 2.11. The zero-order chi connectivity index (χ0) is 15.5. The molecule has 0 atom stereocenters. The Labute approximate surface area is 138 Å². The molecule has 0 saturated heterocycles. The average molecular weight is 412 g/mol. The first-order valence-corrected chi connectivity index (χ1v) is 10.0. The summed E-state index contributed by atoms with van der Waals surface area (Å²) in [6.45, 7) is 3.50. The van der Waals surface area contributed by atoms with Gasteiger partial charge in [0.2, 0.25) is 10.0 Å². The Hall–Kier alpha value is -0.520. The number of aromatic nitrogens is 1. The van der Waals surface area contributed by atoms with E-state index < -0.39 is 10.0 Å². The van der Waals surface area contributed by atoms with Crippen LogP contribution in [0.15, 0.2) is 24.9 Å². The van der Waals surface area contributed by atoms with E-state index in [1.54, 1.807) is 11.4 Å². The van der Waals surface area contributed by atoms with Crippen LogP contribution in [0.1, 0.15) is 17.5 Å². The fraction of sp³-hybridized carbons (Fsp3) is 0.364. The standard InChI is InChI=1S/C11H14BrN3O3S3/c1-2-13-5-8-3-9(10(12)20-8)21(17,18)14-4-7-6-19-11(16)15-7/h3,6,13-14H,2,4-5H2,1H3,(H,15,16). The summed E-state index contributed by atoms with van der Waals surface area (Å²) in [7, 11) is -3.62. The van der Waals surface area contributed by atoms with E-state index >= 15 is 0 Å². The molecule has 0 unspecified atom stereocenters. The van der Waals surface area contributed by atoms with Gasteiger partial charge in [0.05, 0.1) is 10.3 Å². The number of sulfonamides is 1. The molecule has 0 fully saturated rings. The third-order valence-corrected chi connectivity index (χ3v) is 6.94. The van der Waals surface area contributed by atoms with E-state index in [1.807, 2.05) is 6.92 Å². The number of halogens is 1. The van der Waals surface area contributed by atoms with E-state index in [-0.39, 0.29) is 16.3 Å². The highest BCUT2D eigenvalue weighted by molar-refractivity contribution is 9.11. The van der Waals surface area contributed by atoms with Gasteiger partial charge in [0, 0.05) is 22.5 Å². The SMILES string of the molecule is CCNCc1cc(S(=O)(=O)NCc2csc(=O)[nH]2)c(Br)s1. The van der Waals surface area contributed by atoms with Crippen LogP contribution in [-0.2, 0) is 23.1 Å². The maximum absolute atomic E-state index is 12.3. The average Bonchev–Trinajstić information content (AvgIpc) is 3.00. The maximum atomic E-state index is 12.3. The summed E-state index contributed by atoms with van der Waals surface area (Å²) in [6.07, 6.45) is 0. The van der Waals surface area contributed by atoms with Crippen LogP contribution in [0.4, 0.5) is 0 Å². The third-order valence-electron chi connectivity index (χ3n) is 2.57. The van der Waals surface area contributed by atoms with Gasteiger partial charge in [-0.25, -0.2) is 13.1 Å². The molecule has 0 saturated carbocycles. The lowest BCUT2D eigenvalue weighted by Crippen LogP contribution is -2.23. The van der Waals surface area contributed by atoms with E-state index in [9.17, 15) is 13.2 Å². The Morgan fingerprint density at radius 1 is 1.38 bits per heavy atom. The van der Waals surface area contributed by atoms with Crippen LogP contribution in [0.2, 0.25) is 0 Å². The van der Waals surface area contributed by atoms with Gasteiger partial charge in [0.15, 0.2) is 0 Å². The van der Waals surface area contributed by atoms with Gasteiger partial charge < -0.3 is 10.3 Å². The first-order valence-electron chi connectivity index (χ1n) is 6.07. The summed E-state index contributed by atoms with van der Waals surface area (Å²) in [6, 6.07) is 1.65. The van der Waals surface area contributed by atoms with Crippen molar-refractivity contribution in [1.82, 2.24) is 15.0 Å². The quantitative estimate of drug-likeness (QED) is 0.648. The zero-order valence-corrected chi connectivity index (χ0v) is 15.1. The van der Waals surface area contributed by atoms with Gasteiger partial charge in [-0.3, -0.25) is 4.79 Å². The van der Waals surface area contributed by atoms with E-state index in [1.165, 1.54) is 11.3 Å². The van der Waals surface area contributed by atoms with E-state index in [0.717, 1.165) is 22.8 Å². The summed E-state index contributed by atoms with van der Waals surface area (Å²) in [4.78, 5) is 14.5. The molecule has 2 heterocycles. The number of rotatable bonds is 7. The summed E-state index contributed by atoms with van der Waals surface area (Å²) >= 11 is 5.68. The number of thiophene rings is 1. The van der Waals surface area contributed by atoms with E-state index in [2.05, 4.69) is 31.0 Å². The van der Waals surface area contributed by atoms with Crippen molar-refractivity contribution < 1.29 is 8.42 Å². The Morgan fingerprint density at radius 2 is 2.14 bits per heavy atom. The molecular weight excluding hydrogens is 398 g/mol. The lowest BCUT2D eigenvalue weighted by Gasteiger charge is -2.04. The largest absolute Gasteiger partial charge is 0.315 e. The molecule has 2 rings (SSSR count). The van der Waals surface area contributed by atoms with E-state index in [4.69, 9.17) is 0 Å². The zero-order valence-electron chi connectivity index (χ0n) is 11.1. The van der Waals surface area contributed by atoms with Gasteiger partial charge in [-0.1, -0.05) is 18.3 Å². The molecular formula is C11H14BrN3O3S3. The second-order valence-electron chi connectivity index (χ2n) is 4.13. The van der Waals surface area contributed by atoms with Crippen LogP contribution >= 0.6 is 38.6 Å². The van der Waals surface area contributed by atoms with Crippen LogP contribution in [0.25, 0.3) is 0 Å². The molecule has 0 aromatic carbocycles. The number of aromatic amines is 1. The van der Waals surface area contributed by atoms with Crippen molar-refractivity contribution >= 4 is 48.6 Å². The molecule has 3 N–H and O–H groups in total. The molecule has 10 heteroatoms. The van der Waals surface area contributed by atoms with Gasteiger partial charge in [0.25, 0.3) is 0 Å². The molecule has 6 nitrogen and oxygen atoms in total. The van der Waals surface area contributed by atoms with Crippen LogP contribution in [-0.4, -0.2) is 19.9 Å². The molecule has 2 aromatic rings. The maximum Gasteiger partial charge on any atom is 0.304 e. The topological polar surface area (TPSA) is 91.1 Å². The Morgan fingerprint density at radius 3 is 2.76 bits per heavy atom.